The van der Waals surface area contributed by atoms with Gasteiger partial charge in [-0.15, -0.1) is 21.5 Å². The highest BCUT2D eigenvalue weighted by molar-refractivity contribution is 7.17. The Morgan fingerprint density at radius 3 is 3.10 bits per heavy atom. The van der Waals surface area contributed by atoms with Gasteiger partial charge in [0.2, 0.25) is 5.91 Å². The quantitative estimate of drug-likeness (QED) is 0.786. The number of hydrogen-bond acceptors (Lipinski definition) is 4. The molecule has 0 saturated carbocycles. The van der Waals surface area contributed by atoms with Gasteiger partial charge in [0.1, 0.15) is 12.2 Å². The van der Waals surface area contributed by atoms with Gasteiger partial charge in [0, 0.05) is 31.1 Å². The van der Waals surface area contributed by atoms with Crippen LogP contribution in [0, 0.1) is 0 Å². The smallest absolute Gasteiger partial charge is 0.220 e. The summed E-state index contributed by atoms with van der Waals surface area (Å²) in [7, 11) is 1.88. The van der Waals surface area contributed by atoms with Crippen LogP contribution in [0.2, 0.25) is 0 Å². The lowest BCUT2D eigenvalue weighted by Gasteiger charge is -2.05. The molecule has 2 aromatic heterocycles. The van der Waals surface area contributed by atoms with E-state index in [9.17, 15) is 4.79 Å². The van der Waals surface area contributed by atoms with Crippen molar-refractivity contribution in [1.29, 1.82) is 0 Å². The standard InChI is InChI=1S/C15H16N4OS/c1-19-10-17-18-14(19)4-5-15(20)16-9-11-2-3-13-12(8-11)6-7-21-13/h2-3,6-8,10H,4-5,9H2,1H3,(H,16,20). The van der Waals surface area contributed by atoms with Crippen molar-refractivity contribution < 1.29 is 4.79 Å². The van der Waals surface area contributed by atoms with Crippen LogP contribution >= 0.6 is 11.3 Å². The molecule has 5 nitrogen and oxygen atoms in total. The van der Waals surface area contributed by atoms with Gasteiger partial charge in [0.25, 0.3) is 0 Å². The topological polar surface area (TPSA) is 59.8 Å². The van der Waals surface area contributed by atoms with Crippen molar-refractivity contribution in [3.63, 3.8) is 0 Å². The summed E-state index contributed by atoms with van der Waals surface area (Å²) in [5.74, 6) is 0.855. The Morgan fingerprint density at radius 2 is 2.29 bits per heavy atom. The molecule has 0 atom stereocenters. The van der Waals surface area contributed by atoms with E-state index in [1.807, 2.05) is 11.6 Å². The van der Waals surface area contributed by atoms with Crippen molar-refractivity contribution >= 4 is 27.3 Å². The number of amides is 1. The Hall–Kier alpha value is -2.21. The van der Waals surface area contributed by atoms with Crippen LogP contribution in [0.5, 0.6) is 0 Å². The summed E-state index contributed by atoms with van der Waals surface area (Å²) in [6.45, 7) is 0.559. The van der Waals surface area contributed by atoms with E-state index in [2.05, 4.69) is 45.2 Å². The molecule has 0 aliphatic rings. The first-order valence-electron chi connectivity index (χ1n) is 6.78. The SMILES string of the molecule is Cn1cnnc1CCC(=O)NCc1ccc2sccc2c1. The van der Waals surface area contributed by atoms with Crippen molar-refractivity contribution in [2.75, 3.05) is 0 Å². The summed E-state index contributed by atoms with van der Waals surface area (Å²) >= 11 is 1.73. The Labute approximate surface area is 126 Å². The minimum Gasteiger partial charge on any atom is -0.352 e. The first-order chi connectivity index (χ1) is 10.2. The van der Waals surface area contributed by atoms with Crippen LogP contribution in [0.4, 0.5) is 0 Å². The van der Waals surface area contributed by atoms with E-state index in [0.29, 0.717) is 19.4 Å². The van der Waals surface area contributed by atoms with Crippen LogP contribution in [0.15, 0.2) is 36.0 Å². The van der Waals surface area contributed by atoms with Gasteiger partial charge in [0.05, 0.1) is 0 Å². The summed E-state index contributed by atoms with van der Waals surface area (Å²) in [5.41, 5.74) is 1.12. The molecular weight excluding hydrogens is 284 g/mol. The Bertz CT molecular complexity index is 762. The Morgan fingerprint density at radius 1 is 1.38 bits per heavy atom. The number of aromatic nitrogens is 3. The molecule has 0 fully saturated rings. The number of carbonyl (C=O) groups is 1. The second kappa shape index (κ2) is 6.05. The van der Waals surface area contributed by atoms with Crippen LogP contribution in [0.25, 0.3) is 10.1 Å². The maximum absolute atomic E-state index is 11.9. The average Bonchev–Trinajstić information content (AvgIpc) is 3.11. The molecular formula is C15H16N4OS. The fraction of sp³-hybridized carbons (Fsp3) is 0.267. The molecule has 0 bridgehead atoms. The zero-order chi connectivity index (χ0) is 14.7. The fourth-order valence-corrected chi connectivity index (χ4v) is 2.94. The largest absolute Gasteiger partial charge is 0.352 e. The number of fused-ring (bicyclic) bond motifs is 1. The van der Waals surface area contributed by atoms with E-state index in [4.69, 9.17) is 0 Å². The molecule has 0 radical (unpaired) electrons. The molecule has 0 aliphatic heterocycles. The summed E-state index contributed by atoms with van der Waals surface area (Å²) in [5, 5.41) is 14.0. The Balaban J connectivity index is 1.52. The van der Waals surface area contributed by atoms with E-state index >= 15 is 0 Å². The first-order valence-corrected chi connectivity index (χ1v) is 7.66. The zero-order valence-electron chi connectivity index (χ0n) is 11.7. The fourth-order valence-electron chi connectivity index (χ4n) is 2.17. The van der Waals surface area contributed by atoms with Crippen LogP contribution < -0.4 is 5.32 Å². The van der Waals surface area contributed by atoms with E-state index in [0.717, 1.165) is 11.4 Å². The lowest BCUT2D eigenvalue weighted by molar-refractivity contribution is -0.121. The second-order valence-electron chi connectivity index (χ2n) is 4.93. The van der Waals surface area contributed by atoms with Gasteiger partial charge in [-0.05, 0) is 34.5 Å². The predicted molar refractivity (Wildman–Crippen MR) is 83.0 cm³/mol. The van der Waals surface area contributed by atoms with Crippen molar-refractivity contribution in [2.45, 2.75) is 19.4 Å². The lowest BCUT2D eigenvalue weighted by Crippen LogP contribution is -2.23. The van der Waals surface area contributed by atoms with Gasteiger partial charge in [-0.1, -0.05) is 6.07 Å². The van der Waals surface area contributed by atoms with Crippen molar-refractivity contribution in [1.82, 2.24) is 20.1 Å². The third-order valence-corrected chi connectivity index (χ3v) is 4.29. The number of nitrogens with one attached hydrogen (secondary N) is 1. The Kier molecular flexibility index (Phi) is 3.96. The molecule has 21 heavy (non-hydrogen) atoms. The van der Waals surface area contributed by atoms with Crippen molar-refractivity contribution in [3.05, 3.63) is 47.4 Å². The molecule has 1 aromatic carbocycles. The molecule has 2 heterocycles. The highest BCUT2D eigenvalue weighted by Gasteiger charge is 2.06. The number of aryl methyl sites for hydroxylation is 2. The van der Waals surface area contributed by atoms with Crippen LogP contribution in [0.1, 0.15) is 17.8 Å². The van der Waals surface area contributed by atoms with E-state index in [1.165, 1.54) is 10.1 Å². The minimum absolute atomic E-state index is 0.0309. The summed E-state index contributed by atoms with van der Waals surface area (Å²) < 4.78 is 3.10. The molecule has 0 aliphatic carbocycles. The van der Waals surface area contributed by atoms with Crippen molar-refractivity contribution in [2.24, 2.45) is 7.05 Å². The number of benzene rings is 1. The normalized spacial score (nSPS) is 10.9. The highest BCUT2D eigenvalue weighted by atomic mass is 32.1. The first kappa shape index (κ1) is 13.8. The molecule has 3 rings (SSSR count). The molecule has 108 valence electrons. The maximum atomic E-state index is 11.9. The number of thiophene rings is 1. The van der Waals surface area contributed by atoms with Crippen molar-refractivity contribution in [3.8, 4) is 0 Å². The zero-order valence-corrected chi connectivity index (χ0v) is 12.6. The van der Waals surface area contributed by atoms with Gasteiger partial charge in [-0.2, -0.15) is 0 Å². The maximum Gasteiger partial charge on any atom is 0.220 e. The third-order valence-electron chi connectivity index (χ3n) is 3.39. The summed E-state index contributed by atoms with van der Waals surface area (Å²) in [6.07, 6.45) is 2.67. The minimum atomic E-state index is 0.0309. The predicted octanol–water partition coefficient (Wildman–Crippen LogP) is 2.28. The van der Waals surface area contributed by atoms with Crippen LogP contribution in [-0.2, 0) is 24.8 Å². The number of rotatable bonds is 5. The van der Waals surface area contributed by atoms with E-state index < -0.39 is 0 Å². The van der Waals surface area contributed by atoms with Gasteiger partial charge in [-0.3, -0.25) is 4.79 Å². The number of hydrogen-bond donors (Lipinski definition) is 1. The third kappa shape index (κ3) is 3.28. The van der Waals surface area contributed by atoms with Gasteiger partial charge in [0.15, 0.2) is 0 Å². The van der Waals surface area contributed by atoms with E-state index in [-0.39, 0.29) is 5.91 Å². The highest BCUT2D eigenvalue weighted by Crippen LogP contribution is 2.21. The molecule has 3 aromatic rings. The number of carbonyl (C=O) groups excluding carboxylic acids is 1. The molecule has 1 amide bonds. The van der Waals surface area contributed by atoms with Gasteiger partial charge in [-0.25, -0.2) is 0 Å². The lowest BCUT2D eigenvalue weighted by atomic mass is 10.1. The molecule has 1 N–H and O–H groups in total. The van der Waals surface area contributed by atoms with Crippen LogP contribution in [0.3, 0.4) is 0 Å². The van der Waals surface area contributed by atoms with Gasteiger partial charge >= 0.3 is 0 Å². The monoisotopic (exact) mass is 300 g/mol. The molecule has 6 heteroatoms. The molecule has 0 spiro atoms. The van der Waals surface area contributed by atoms with Gasteiger partial charge < -0.3 is 9.88 Å². The molecule has 0 saturated heterocycles. The van der Waals surface area contributed by atoms with E-state index in [1.54, 1.807) is 17.7 Å². The van der Waals surface area contributed by atoms with Crippen LogP contribution in [-0.4, -0.2) is 20.7 Å². The molecule has 0 unspecified atom stereocenters. The summed E-state index contributed by atoms with van der Waals surface area (Å²) in [6, 6.07) is 8.37. The average molecular weight is 300 g/mol. The summed E-state index contributed by atoms with van der Waals surface area (Å²) in [4.78, 5) is 11.9. The number of nitrogens with zero attached hydrogens (tertiary/aromatic N) is 3. The second-order valence-corrected chi connectivity index (χ2v) is 5.88.